The quantitative estimate of drug-likeness (QED) is 0.838. The molecule has 1 aliphatic rings. The van der Waals surface area contributed by atoms with Crippen molar-refractivity contribution >= 4 is 21.7 Å². The lowest BCUT2D eigenvalue weighted by Crippen LogP contribution is -2.47. The first-order valence-electron chi connectivity index (χ1n) is 6.39. The number of carbonyl (C=O) groups is 2. The minimum atomic E-state index is -3.04. The third-order valence-electron chi connectivity index (χ3n) is 3.20. The molecule has 1 saturated heterocycles. The predicted octanol–water partition coefficient (Wildman–Crippen LogP) is -0.187. The molecule has 0 spiro atoms. The highest BCUT2D eigenvalue weighted by molar-refractivity contribution is 7.91. The van der Waals surface area contributed by atoms with Gasteiger partial charge in [-0.1, -0.05) is 0 Å². The molecule has 114 valence electrons. The van der Waals surface area contributed by atoms with Gasteiger partial charge < -0.3 is 10.2 Å². The number of hydrogen-bond donors (Lipinski definition) is 1. The van der Waals surface area contributed by atoms with Gasteiger partial charge in [0.15, 0.2) is 9.84 Å². The molecule has 2 amide bonds. The van der Waals surface area contributed by atoms with Crippen molar-refractivity contribution in [3.8, 4) is 0 Å². The smallest absolute Gasteiger partial charge is 0.251 e. The van der Waals surface area contributed by atoms with E-state index in [-0.39, 0.29) is 42.6 Å². The van der Waals surface area contributed by atoms with Crippen molar-refractivity contribution in [3.63, 3.8) is 0 Å². The summed E-state index contributed by atoms with van der Waals surface area (Å²) < 4.78 is 35.2. The zero-order chi connectivity index (χ0) is 15.5. The maximum atomic E-state index is 12.7. The molecule has 0 saturated carbocycles. The van der Waals surface area contributed by atoms with E-state index >= 15 is 0 Å². The Kier molecular flexibility index (Phi) is 4.56. The molecule has 21 heavy (non-hydrogen) atoms. The number of nitrogens with one attached hydrogen (secondary N) is 1. The van der Waals surface area contributed by atoms with Crippen LogP contribution in [0.5, 0.6) is 0 Å². The molecule has 0 bridgehead atoms. The Labute approximate surface area is 121 Å². The van der Waals surface area contributed by atoms with Crippen LogP contribution in [-0.2, 0) is 14.6 Å². The van der Waals surface area contributed by atoms with Crippen molar-refractivity contribution < 1.29 is 22.4 Å². The standard InChI is InChI=1S/C13H15FN2O4S/c14-11-3-1-10(2-4-11)13(18)15-9-12(17)16-5-7-21(19,20)8-6-16/h1-4H,5-9H2,(H,15,18). The molecule has 0 aliphatic carbocycles. The maximum absolute atomic E-state index is 12.7. The number of sulfone groups is 1. The van der Waals surface area contributed by atoms with Gasteiger partial charge in [-0.2, -0.15) is 0 Å². The minimum absolute atomic E-state index is 0.0509. The molecular formula is C13H15FN2O4S. The van der Waals surface area contributed by atoms with Gasteiger partial charge in [0.2, 0.25) is 5.91 Å². The van der Waals surface area contributed by atoms with Crippen molar-refractivity contribution in [2.24, 2.45) is 0 Å². The zero-order valence-corrected chi connectivity index (χ0v) is 12.0. The molecule has 1 heterocycles. The van der Waals surface area contributed by atoms with Crippen LogP contribution in [0.3, 0.4) is 0 Å². The Hall–Kier alpha value is -1.96. The third-order valence-corrected chi connectivity index (χ3v) is 4.81. The lowest BCUT2D eigenvalue weighted by atomic mass is 10.2. The van der Waals surface area contributed by atoms with Crippen molar-refractivity contribution in [1.29, 1.82) is 0 Å². The highest BCUT2D eigenvalue weighted by atomic mass is 32.2. The van der Waals surface area contributed by atoms with Crippen LogP contribution in [0.4, 0.5) is 4.39 Å². The van der Waals surface area contributed by atoms with Gasteiger partial charge in [0, 0.05) is 18.7 Å². The summed E-state index contributed by atoms with van der Waals surface area (Å²) in [5.74, 6) is -1.36. The average molecular weight is 314 g/mol. The van der Waals surface area contributed by atoms with Crippen molar-refractivity contribution in [3.05, 3.63) is 35.6 Å². The van der Waals surface area contributed by atoms with Crippen LogP contribution in [0.25, 0.3) is 0 Å². The molecule has 1 aliphatic heterocycles. The fourth-order valence-corrected chi connectivity index (χ4v) is 3.13. The lowest BCUT2D eigenvalue weighted by molar-refractivity contribution is -0.129. The van der Waals surface area contributed by atoms with E-state index in [4.69, 9.17) is 0 Å². The van der Waals surface area contributed by atoms with Gasteiger partial charge in [-0.15, -0.1) is 0 Å². The van der Waals surface area contributed by atoms with Crippen LogP contribution in [0, 0.1) is 5.82 Å². The van der Waals surface area contributed by atoms with Crippen LogP contribution in [0.15, 0.2) is 24.3 Å². The van der Waals surface area contributed by atoms with Crippen LogP contribution in [0.2, 0.25) is 0 Å². The largest absolute Gasteiger partial charge is 0.343 e. The Balaban J connectivity index is 1.84. The number of rotatable bonds is 3. The van der Waals surface area contributed by atoms with Crippen molar-refractivity contribution in [1.82, 2.24) is 10.2 Å². The van der Waals surface area contributed by atoms with Crippen LogP contribution in [-0.4, -0.2) is 56.3 Å². The van der Waals surface area contributed by atoms with Gasteiger partial charge in [0.05, 0.1) is 18.1 Å². The molecule has 6 nitrogen and oxygen atoms in total. The number of halogens is 1. The summed E-state index contributed by atoms with van der Waals surface area (Å²) in [6.45, 7) is 0.0808. The Morgan fingerprint density at radius 3 is 2.29 bits per heavy atom. The maximum Gasteiger partial charge on any atom is 0.251 e. The summed E-state index contributed by atoms with van der Waals surface area (Å²) in [6, 6.07) is 4.96. The van der Waals surface area contributed by atoms with Crippen LogP contribution < -0.4 is 5.32 Å². The van der Waals surface area contributed by atoms with Gasteiger partial charge in [0.25, 0.3) is 5.91 Å². The van der Waals surface area contributed by atoms with Crippen molar-refractivity contribution in [2.75, 3.05) is 31.1 Å². The van der Waals surface area contributed by atoms with E-state index in [0.717, 1.165) is 12.1 Å². The molecule has 8 heteroatoms. The summed E-state index contributed by atoms with van der Waals surface area (Å²) in [5.41, 5.74) is 0.255. The van der Waals surface area contributed by atoms with E-state index in [1.165, 1.54) is 17.0 Å². The lowest BCUT2D eigenvalue weighted by Gasteiger charge is -2.26. The van der Waals surface area contributed by atoms with Crippen molar-refractivity contribution in [2.45, 2.75) is 0 Å². The molecule has 0 unspecified atom stereocenters. The second kappa shape index (κ2) is 6.21. The Morgan fingerprint density at radius 2 is 1.71 bits per heavy atom. The first kappa shape index (κ1) is 15.4. The molecule has 1 aromatic rings. The second-order valence-electron chi connectivity index (χ2n) is 4.72. The summed E-state index contributed by atoms with van der Waals surface area (Å²) in [7, 11) is -3.04. The fraction of sp³-hybridized carbons (Fsp3) is 0.385. The molecule has 1 aromatic carbocycles. The molecule has 1 N–H and O–H groups in total. The topological polar surface area (TPSA) is 83.6 Å². The van der Waals surface area contributed by atoms with E-state index in [0.29, 0.717) is 0 Å². The van der Waals surface area contributed by atoms with E-state index < -0.39 is 21.6 Å². The zero-order valence-electron chi connectivity index (χ0n) is 11.2. The molecule has 1 fully saturated rings. The summed E-state index contributed by atoms with van der Waals surface area (Å²) in [6.07, 6.45) is 0. The van der Waals surface area contributed by atoms with Gasteiger partial charge in [-0.05, 0) is 24.3 Å². The fourth-order valence-electron chi connectivity index (χ4n) is 1.93. The highest BCUT2D eigenvalue weighted by Gasteiger charge is 2.24. The van der Waals surface area contributed by atoms with E-state index in [2.05, 4.69) is 5.32 Å². The van der Waals surface area contributed by atoms with E-state index in [1.54, 1.807) is 0 Å². The second-order valence-corrected chi connectivity index (χ2v) is 7.03. The normalized spacial score (nSPS) is 17.3. The Morgan fingerprint density at radius 1 is 1.14 bits per heavy atom. The van der Waals surface area contributed by atoms with Gasteiger partial charge >= 0.3 is 0 Å². The summed E-state index contributed by atoms with van der Waals surface area (Å²) >= 11 is 0. The Bertz CT molecular complexity index is 629. The first-order valence-corrected chi connectivity index (χ1v) is 8.21. The summed E-state index contributed by atoms with van der Waals surface area (Å²) in [5, 5.41) is 2.43. The predicted molar refractivity (Wildman–Crippen MR) is 74.0 cm³/mol. The number of benzene rings is 1. The van der Waals surface area contributed by atoms with Crippen LogP contribution in [0.1, 0.15) is 10.4 Å². The van der Waals surface area contributed by atoms with E-state index in [1.807, 2.05) is 0 Å². The molecule has 2 rings (SSSR count). The minimum Gasteiger partial charge on any atom is -0.343 e. The first-order chi connectivity index (χ1) is 9.87. The molecule has 0 aromatic heterocycles. The SMILES string of the molecule is O=C(NCC(=O)N1CCS(=O)(=O)CC1)c1ccc(F)cc1. The number of hydrogen-bond acceptors (Lipinski definition) is 4. The van der Waals surface area contributed by atoms with Gasteiger partial charge in [0.1, 0.15) is 5.82 Å². The van der Waals surface area contributed by atoms with Gasteiger partial charge in [-0.25, -0.2) is 12.8 Å². The highest BCUT2D eigenvalue weighted by Crippen LogP contribution is 2.05. The van der Waals surface area contributed by atoms with E-state index in [9.17, 15) is 22.4 Å². The number of nitrogens with zero attached hydrogens (tertiary/aromatic N) is 1. The molecule has 0 radical (unpaired) electrons. The number of carbonyl (C=O) groups excluding carboxylic acids is 2. The third kappa shape index (κ3) is 4.25. The monoisotopic (exact) mass is 314 g/mol. The average Bonchev–Trinajstić information content (AvgIpc) is 2.45. The van der Waals surface area contributed by atoms with Gasteiger partial charge in [-0.3, -0.25) is 9.59 Å². The van der Waals surface area contributed by atoms with Crippen LogP contribution >= 0.6 is 0 Å². The number of amides is 2. The summed E-state index contributed by atoms with van der Waals surface area (Å²) in [4.78, 5) is 25.0. The molecular weight excluding hydrogens is 299 g/mol. The molecule has 0 atom stereocenters.